The first kappa shape index (κ1) is 52.0. The number of carbonyl (C=O) groups excluding carboxylic acids is 1. The number of epoxide rings is 1. The molecule has 0 radical (unpaired) electrons. The molecule has 0 saturated carbocycles. The molecule has 1 aliphatic heterocycles. The van der Waals surface area contributed by atoms with Gasteiger partial charge in [0.1, 0.15) is 11.4 Å². The molecule has 8 atom stereocenters. The summed E-state index contributed by atoms with van der Waals surface area (Å²) in [4.78, 5) is 18.4. The third-order valence-corrected chi connectivity index (χ3v) is 27.1. The lowest BCUT2D eigenvalue weighted by Gasteiger charge is -2.47. The maximum Gasteiger partial charge on any atom is 0.248 e. The molecule has 0 bridgehead atoms. The number of carbonyl (C=O) groups is 1. The highest BCUT2D eigenvalue weighted by atomic mass is 28.4. The number of hydroxylamine groups is 2. The fourth-order valence-corrected chi connectivity index (χ4v) is 9.65. The highest BCUT2D eigenvalue weighted by Crippen LogP contribution is 2.52. The molecule has 1 aromatic rings. The smallest absolute Gasteiger partial charge is 0.248 e. The Kier molecular flexibility index (Phi) is 17.9. The van der Waals surface area contributed by atoms with Gasteiger partial charge in [-0.05, 0) is 79.0 Å². The molecule has 0 aromatic heterocycles. The van der Waals surface area contributed by atoms with Crippen LogP contribution in [-0.4, -0.2) is 117 Å². The van der Waals surface area contributed by atoms with Crippen LogP contribution in [0, 0.1) is 17.8 Å². The second kappa shape index (κ2) is 19.7. The predicted molar refractivity (Wildman–Crippen MR) is 237 cm³/mol. The van der Waals surface area contributed by atoms with Crippen LogP contribution in [0.4, 0.5) is 0 Å². The van der Waals surface area contributed by atoms with Gasteiger partial charge in [-0.25, -0.2) is 5.06 Å². The molecule has 2 rings (SSSR count). The van der Waals surface area contributed by atoms with Crippen molar-refractivity contribution in [3.63, 3.8) is 0 Å². The zero-order valence-electron chi connectivity index (χ0n) is 39.5. The molecular weight excluding hydrogens is 775 g/mol. The van der Waals surface area contributed by atoms with Crippen molar-refractivity contribution in [3.05, 3.63) is 29.8 Å². The van der Waals surface area contributed by atoms with E-state index in [2.05, 4.69) is 115 Å². The van der Waals surface area contributed by atoms with Gasteiger partial charge in [0.15, 0.2) is 25.0 Å². The molecule has 2 N–H and O–H groups in total. The number of amides is 1. The SMILES string of the molecule is COc1ccc(COC[C@H](C)[C@H]2O[C@@]2(C)[C@@H](O[Si](C)(C)C(C)(C)C)[C@@H](CO[Si](C)(C)C(C)(C)C)[C@@H](O)[C@@H](CO[Si](C)(C)C(C)(C)C)[C@@H](O)CC(=O)N(C)OC)cc1. The largest absolute Gasteiger partial charge is 0.497 e. The van der Waals surface area contributed by atoms with E-state index in [1.54, 1.807) is 7.11 Å². The number of methoxy groups -OCH3 is 1. The number of hydrogen-bond donors (Lipinski definition) is 2. The van der Waals surface area contributed by atoms with Crippen LogP contribution in [-0.2, 0) is 39.0 Å². The van der Waals surface area contributed by atoms with Crippen LogP contribution in [0.3, 0.4) is 0 Å². The Morgan fingerprint density at radius 2 is 1.28 bits per heavy atom. The molecule has 1 amide bonds. The summed E-state index contributed by atoms with van der Waals surface area (Å²) < 4.78 is 39.5. The molecule has 1 saturated heterocycles. The van der Waals surface area contributed by atoms with Gasteiger partial charge in [0.25, 0.3) is 0 Å². The Bertz CT molecular complexity index is 1410. The highest BCUT2D eigenvalue weighted by molar-refractivity contribution is 6.75. The van der Waals surface area contributed by atoms with Gasteiger partial charge in [-0.2, -0.15) is 0 Å². The van der Waals surface area contributed by atoms with E-state index in [4.69, 9.17) is 32.3 Å². The van der Waals surface area contributed by atoms with Crippen LogP contribution in [0.15, 0.2) is 24.3 Å². The van der Waals surface area contributed by atoms with E-state index in [9.17, 15) is 15.0 Å². The van der Waals surface area contributed by atoms with Crippen molar-refractivity contribution in [2.24, 2.45) is 17.8 Å². The summed E-state index contributed by atoms with van der Waals surface area (Å²) in [5, 5.41) is 25.6. The average molecular weight is 858 g/mol. The minimum absolute atomic E-state index is 0.00312. The van der Waals surface area contributed by atoms with Gasteiger partial charge >= 0.3 is 0 Å². The summed E-state index contributed by atoms with van der Waals surface area (Å²) in [6.07, 6.45) is -3.53. The Morgan fingerprint density at radius 1 is 0.807 bits per heavy atom. The normalized spacial score (nSPS) is 21.7. The molecule has 0 unspecified atom stereocenters. The van der Waals surface area contributed by atoms with E-state index >= 15 is 0 Å². The third kappa shape index (κ3) is 13.7. The second-order valence-electron chi connectivity index (χ2n) is 21.2. The van der Waals surface area contributed by atoms with Crippen molar-refractivity contribution < 1.29 is 47.3 Å². The van der Waals surface area contributed by atoms with Crippen molar-refractivity contribution in [2.75, 3.05) is 41.1 Å². The monoisotopic (exact) mass is 858 g/mol. The molecule has 14 heteroatoms. The van der Waals surface area contributed by atoms with Crippen LogP contribution in [0.5, 0.6) is 5.75 Å². The minimum Gasteiger partial charge on any atom is -0.497 e. The second-order valence-corrected chi connectivity index (χ2v) is 35.5. The first-order valence-electron chi connectivity index (χ1n) is 20.8. The number of rotatable bonds is 22. The van der Waals surface area contributed by atoms with Gasteiger partial charge in [-0.1, -0.05) is 81.4 Å². The predicted octanol–water partition coefficient (Wildman–Crippen LogP) is 8.80. The molecule has 0 spiro atoms. The molecule has 1 heterocycles. The van der Waals surface area contributed by atoms with E-state index in [-0.39, 0.29) is 46.8 Å². The van der Waals surface area contributed by atoms with Crippen LogP contribution in [0.25, 0.3) is 0 Å². The fourth-order valence-electron chi connectivity index (χ4n) is 6.17. The summed E-state index contributed by atoms with van der Waals surface area (Å²) in [5.41, 5.74) is 0.246. The van der Waals surface area contributed by atoms with Crippen LogP contribution in [0.2, 0.25) is 54.4 Å². The quantitative estimate of drug-likeness (QED) is 0.0664. The van der Waals surface area contributed by atoms with Gasteiger partial charge in [0, 0.05) is 38.0 Å². The first-order valence-corrected chi connectivity index (χ1v) is 29.5. The van der Waals surface area contributed by atoms with Gasteiger partial charge in [0.2, 0.25) is 5.91 Å². The average Bonchev–Trinajstić information content (AvgIpc) is 3.78. The summed E-state index contributed by atoms with van der Waals surface area (Å²) in [7, 11) is -2.66. The lowest BCUT2D eigenvalue weighted by Crippen LogP contribution is -2.58. The number of benzene rings is 1. The van der Waals surface area contributed by atoms with Crippen molar-refractivity contribution >= 4 is 30.9 Å². The standard InChI is InChI=1S/C43H83NO10Si3/c1-30(26-50-27-31-21-23-32(48-13)24-22-31)38-43(11,53-38)39(54-57(19,20)42(8,9)10)34(29-52-56(17,18)41(5,6)7)37(47)33(28-51-55(15,16)40(2,3)4)35(45)25-36(46)44(12)49-14/h21-24,30,33-35,37-39,45,47H,25-29H2,1-20H3/t30-,33-,34-,35-,37-,38+,39-,43+/m0/s1. The van der Waals surface area contributed by atoms with Gasteiger partial charge in [-0.15, -0.1) is 0 Å². The molecule has 1 fully saturated rings. The molecular formula is C43H83NO10Si3. The lowest BCUT2D eigenvalue weighted by molar-refractivity contribution is -0.173. The van der Waals surface area contributed by atoms with Crippen LogP contribution >= 0.6 is 0 Å². The zero-order valence-corrected chi connectivity index (χ0v) is 42.5. The Labute approximate surface area is 350 Å². The maximum absolute atomic E-state index is 13.2. The van der Waals surface area contributed by atoms with E-state index < -0.39 is 66.6 Å². The third-order valence-electron chi connectivity index (χ3n) is 13.7. The molecule has 1 aliphatic rings. The van der Waals surface area contributed by atoms with E-state index in [0.717, 1.165) is 16.4 Å². The number of aliphatic hydroxyl groups excluding tert-OH is 2. The highest BCUT2D eigenvalue weighted by Gasteiger charge is 2.65. The van der Waals surface area contributed by atoms with Gasteiger partial charge < -0.3 is 37.7 Å². The van der Waals surface area contributed by atoms with Crippen LogP contribution in [0.1, 0.15) is 88.1 Å². The number of hydrogen-bond acceptors (Lipinski definition) is 10. The van der Waals surface area contributed by atoms with Crippen molar-refractivity contribution in [1.82, 2.24) is 5.06 Å². The summed E-state index contributed by atoms with van der Waals surface area (Å²) in [6.45, 7) is 38.2. The Balaban J connectivity index is 2.68. The molecule has 57 heavy (non-hydrogen) atoms. The molecule has 332 valence electrons. The molecule has 1 aromatic carbocycles. The Morgan fingerprint density at radius 3 is 1.72 bits per heavy atom. The first-order chi connectivity index (χ1) is 25.8. The number of ether oxygens (including phenoxy) is 3. The number of aliphatic hydroxyl groups is 2. The van der Waals surface area contributed by atoms with E-state index in [1.807, 2.05) is 24.3 Å². The summed E-state index contributed by atoms with van der Waals surface area (Å²) in [5.74, 6) is -1.10. The Hall–Kier alpha value is -1.18. The summed E-state index contributed by atoms with van der Waals surface area (Å²) >= 11 is 0. The molecule has 0 aliphatic carbocycles. The van der Waals surface area contributed by atoms with Gasteiger partial charge in [-0.3, -0.25) is 9.63 Å². The van der Waals surface area contributed by atoms with Gasteiger partial charge in [0.05, 0.1) is 58.3 Å². The van der Waals surface area contributed by atoms with E-state index in [0.29, 0.717) is 13.2 Å². The van der Waals surface area contributed by atoms with Crippen molar-refractivity contribution in [2.45, 2.75) is 174 Å². The topological polar surface area (TPSA) is 129 Å². The van der Waals surface area contributed by atoms with Crippen LogP contribution < -0.4 is 4.74 Å². The summed E-state index contributed by atoms with van der Waals surface area (Å²) in [6, 6.07) is 7.85. The lowest BCUT2D eigenvalue weighted by atomic mass is 9.78. The maximum atomic E-state index is 13.2. The van der Waals surface area contributed by atoms with Crippen molar-refractivity contribution in [3.8, 4) is 5.75 Å². The molecule has 11 nitrogen and oxygen atoms in total. The zero-order chi connectivity index (χ0) is 44.2. The minimum atomic E-state index is -2.52. The van der Waals surface area contributed by atoms with Crippen molar-refractivity contribution in [1.29, 1.82) is 0 Å². The fraction of sp³-hybridized carbons (Fsp3) is 0.837. The number of nitrogens with zero attached hydrogens (tertiary/aromatic N) is 1. The van der Waals surface area contributed by atoms with E-state index in [1.165, 1.54) is 14.2 Å².